The highest BCUT2D eigenvalue weighted by Crippen LogP contribution is 2.27. The van der Waals surface area contributed by atoms with Crippen LogP contribution in [0.2, 0.25) is 0 Å². The number of aromatic amines is 1. The van der Waals surface area contributed by atoms with Crippen LogP contribution < -0.4 is 5.56 Å². The molecule has 0 aromatic carbocycles. The first-order valence-electron chi connectivity index (χ1n) is 7.79. The Bertz CT molecular complexity index is 1250. The minimum absolute atomic E-state index is 0.285. The van der Waals surface area contributed by atoms with Gasteiger partial charge < -0.3 is 4.52 Å². The fourth-order valence-electron chi connectivity index (χ4n) is 2.48. The van der Waals surface area contributed by atoms with Gasteiger partial charge in [0.25, 0.3) is 5.56 Å². The molecule has 5 aromatic rings. The molecule has 8 nitrogen and oxygen atoms in total. The zero-order valence-corrected chi connectivity index (χ0v) is 16.0. The van der Waals surface area contributed by atoms with Crippen LogP contribution in [0.15, 0.2) is 55.6 Å². The molecule has 0 aliphatic carbocycles. The van der Waals surface area contributed by atoms with E-state index in [2.05, 4.69) is 25.4 Å². The lowest BCUT2D eigenvalue weighted by atomic mass is 10.3. The van der Waals surface area contributed by atoms with Crippen molar-refractivity contribution in [3.8, 4) is 21.3 Å². The fraction of sp³-hybridized carbons (Fsp3) is 0.0625. The summed E-state index contributed by atoms with van der Waals surface area (Å²) in [6.45, 7) is 0. The van der Waals surface area contributed by atoms with Crippen LogP contribution in [0.3, 0.4) is 0 Å². The van der Waals surface area contributed by atoms with Gasteiger partial charge in [-0.25, -0.2) is 9.61 Å². The van der Waals surface area contributed by atoms with Crippen molar-refractivity contribution in [1.82, 2.24) is 30.0 Å². The zero-order chi connectivity index (χ0) is 18.2. The van der Waals surface area contributed by atoms with Crippen molar-refractivity contribution in [1.29, 1.82) is 0 Å². The lowest BCUT2D eigenvalue weighted by molar-refractivity contribution is 0.391. The smallest absolute Gasteiger partial charge is 0.290 e. The van der Waals surface area contributed by atoms with E-state index >= 15 is 0 Å². The molecular weight excluding hydrogens is 404 g/mol. The molecule has 5 rings (SSSR count). The molecule has 0 unspecified atom stereocenters. The van der Waals surface area contributed by atoms with Crippen LogP contribution >= 0.6 is 34.4 Å². The molecule has 0 spiro atoms. The van der Waals surface area contributed by atoms with Gasteiger partial charge >= 0.3 is 0 Å². The third kappa shape index (κ3) is 3.09. The van der Waals surface area contributed by atoms with Crippen molar-refractivity contribution in [3.63, 3.8) is 0 Å². The van der Waals surface area contributed by atoms with Gasteiger partial charge in [-0.2, -0.15) is 10.1 Å². The number of hydrogen-bond acceptors (Lipinski definition) is 9. The molecule has 0 fully saturated rings. The molecule has 11 heteroatoms. The van der Waals surface area contributed by atoms with Crippen molar-refractivity contribution < 1.29 is 4.52 Å². The van der Waals surface area contributed by atoms with Crippen molar-refractivity contribution in [2.24, 2.45) is 0 Å². The molecule has 0 radical (unpaired) electrons. The highest BCUT2D eigenvalue weighted by Gasteiger charge is 2.15. The van der Waals surface area contributed by atoms with Crippen LogP contribution in [0.5, 0.6) is 0 Å². The summed E-state index contributed by atoms with van der Waals surface area (Å²) in [5.41, 5.74) is 0.899. The van der Waals surface area contributed by atoms with Crippen LogP contribution in [0.1, 0.15) is 5.89 Å². The molecule has 27 heavy (non-hydrogen) atoms. The second kappa shape index (κ2) is 6.76. The summed E-state index contributed by atoms with van der Waals surface area (Å²) in [5, 5.41) is 19.6. The number of nitrogens with one attached hydrogen (secondary N) is 1. The van der Waals surface area contributed by atoms with Gasteiger partial charge in [0, 0.05) is 0 Å². The largest absolute Gasteiger partial charge is 0.338 e. The van der Waals surface area contributed by atoms with E-state index in [1.165, 1.54) is 11.8 Å². The van der Waals surface area contributed by atoms with E-state index in [0.717, 1.165) is 15.4 Å². The van der Waals surface area contributed by atoms with Crippen molar-refractivity contribution in [3.05, 3.63) is 57.3 Å². The maximum atomic E-state index is 12.1. The molecule has 0 saturated heterocycles. The van der Waals surface area contributed by atoms with E-state index < -0.39 is 0 Å². The van der Waals surface area contributed by atoms with Gasteiger partial charge in [0.15, 0.2) is 0 Å². The molecule has 134 valence electrons. The van der Waals surface area contributed by atoms with Gasteiger partial charge in [-0.05, 0) is 29.0 Å². The van der Waals surface area contributed by atoms with Gasteiger partial charge in [-0.15, -0.1) is 27.8 Å². The summed E-state index contributed by atoms with van der Waals surface area (Å²) in [6, 6.07) is 9.55. The molecule has 0 bridgehead atoms. The number of H-pyrrole nitrogens is 1. The highest BCUT2D eigenvalue weighted by atomic mass is 32.2. The minimum atomic E-state index is -0.285. The summed E-state index contributed by atoms with van der Waals surface area (Å²) >= 11 is 4.48. The number of aromatic nitrogens is 6. The first kappa shape index (κ1) is 16.4. The Kier molecular flexibility index (Phi) is 4.11. The number of nitrogens with zero attached hydrogens (tertiary/aromatic N) is 5. The van der Waals surface area contributed by atoms with Crippen molar-refractivity contribution >= 4 is 40.0 Å². The molecule has 5 heterocycles. The van der Waals surface area contributed by atoms with Crippen LogP contribution in [0.4, 0.5) is 0 Å². The monoisotopic (exact) mass is 414 g/mol. The van der Waals surface area contributed by atoms with E-state index in [-0.39, 0.29) is 5.56 Å². The van der Waals surface area contributed by atoms with Crippen LogP contribution in [-0.4, -0.2) is 30.0 Å². The van der Waals surface area contributed by atoms with E-state index in [4.69, 9.17) is 4.52 Å². The predicted molar refractivity (Wildman–Crippen MR) is 104 cm³/mol. The average molecular weight is 414 g/mol. The summed E-state index contributed by atoms with van der Waals surface area (Å²) < 4.78 is 6.86. The third-order valence-electron chi connectivity index (χ3n) is 3.68. The second-order valence-corrected chi connectivity index (χ2v) is 8.25. The lowest BCUT2D eigenvalue weighted by Gasteiger charge is -2.00. The molecular formula is C16H10N6O2S3. The standard InChI is InChI=1S/C16H10N6O2S3/c23-15-10-7-9(11-3-1-5-25-11)20-22(10)16(19-18-15)27-8-13-17-14(21-24-13)12-4-2-6-26-12/h1-7H,8H2,(H,18,23). The van der Waals surface area contributed by atoms with E-state index in [1.54, 1.807) is 33.3 Å². The fourth-order valence-corrected chi connectivity index (χ4v) is 4.55. The summed E-state index contributed by atoms with van der Waals surface area (Å²) in [7, 11) is 0. The van der Waals surface area contributed by atoms with Crippen LogP contribution in [-0.2, 0) is 5.75 Å². The van der Waals surface area contributed by atoms with E-state index in [9.17, 15) is 4.79 Å². The third-order valence-corrected chi connectivity index (χ3v) is 6.36. The molecule has 0 amide bonds. The molecule has 0 saturated carbocycles. The first-order chi connectivity index (χ1) is 13.3. The van der Waals surface area contributed by atoms with Crippen molar-refractivity contribution in [2.45, 2.75) is 10.9 Å². The lowest BCUT2D eigenvalue weighted by Crippen LogP contribution is -2.13. The number of rotatable bonds is 5. The van der Waals surface area contributed by atoms with Crippen LogP contribution in [0.25, 0.3) is 26.8 Å². The Balaban J connectivity index is 1.43. The van der Waals surface area contributed by atoms with E-state index in [0.29, 0.717) is 28.1 Å². The maximum absolute atomic E-state index is 12.1. The molecule has 1 N–H and O–H groups in total. The molecule has 5 aromatic heterocycles. The average Bonchev–Trinajstić information content (AvgIpc) is 3.48. The molecule has 0 atom stereocenters. The number of hydrogen-bond donors (Lipinski definition) is 1. The van der Waals surface area contributed by atoms with Gasteiger partial charge in [0.2, 0.25) is 16.9 Å². The first-order valence-corrected chi connectivity index (χ1v) is 10.5. The van der Waals surface area contributed by atoms with Gasteiger partial charge in [-0.3, -0.25) is 4.79 Å². The van der Waals surface area contributed by atoms with Crippen LogP contribution in [0, 0.1) is 0 Å². The maximum Gasteiger partial charge on any atom is 0.290 e. The topological polar surface area (TPSA) is 102 Å². The number of thioether (sulfide) groups is 1. The van der Waals surface area contributed by atoms with Gasteiger partial charge in [0.1, 0.15) is 11.2 Å². The quantitative estimate of drug-likeness (QED) is 0.439. The zero-order valence-electron chi connectivity index (χ0n) is 13.5. The van der Waals surface area contributed by atoms with E-state index in [1.807, 2.05) is 35.0 Å². The minimum Gasteiger partial charge on any atom is -0.338 e. The predicted octanol–water partition coefficient (Wildman–Crippen LogP) is 3.55. The summed E-state index contributed by atoms with van der Waals surface area (Å²) in [5.74, 6) is 1.47. The Morgan fingerprint density at radius 1 is 1.19 bits per heavy atom. The normalized spacial score (nSPS) is 11.4. The van der Waals surface area contributed by atoms with Gasteiger partial charge in [0.05, 0.1) is 15.5 Å². The summed E-state index contributed by atoms with van der Waals surface area (Å²) in [4.78, 5) is 18.4. The van der Waals surface area contributed by atoms with Crippen molar-refractivity contribution in [2.75, 3.05) is 0 Å². The highest BCUT2D eigenvalue weighted by molar-refractivity contribution is 7.98. The van der Waals surface area contributed by atoms with Gasteiger partial charge in [-0.1, -0.05) is 29.1 Å². The number of thiophene rings is 2. The Hall–Kier alpha value is -2.76. The summed E-state index contributed by atoms with van der Waals surface area (Å²) in [6.07, 6.45) is 0. The molecule has 0 aliphatic rings. The SMILES string of the molecule is O=c1[nH]nc(SCc2nc(-c3cccs3)no2)n2nc(-c3cccs3)cc12. The Morgan fingerprint density at radius 3 is 2.78 bits per heavy atom. The molecule has 0 aliphatic heterocycles. The second-order valence-electron chi connectivity index (χ2n) is 5.42. The Labute approximate surface area is 163 Å². The number of fused-ring (bicyclic) bond motifs is 1. The Morgan fingerprint density at radius 2 is 2.00 bits per heavy atom.